The maximum atomic E-state index is 13.1. The standard InChI is InChI=1S/C25H24N4O4S/c1-18-13-23(29(30)31)14-24(19(18)2)34(32,33)26-15-22-17-28(16-20-9-5-3-6-10-20)27-25(22)21-11-7-4-8-12-21/h3-14,17,26H,15-16H2,1-2H3. The first-order valence-corrected chi connectivity index (χ1v) is 12.1. The van der Waals surface area contributed by atoms with Gasteiger partial charge in [0, 0.05) is 36.0 Å². The summed E-state index contributed by atoms with van der Waals surface area (Å²) < 4.78 is 30.7. The first kappa shape index (κ1) is 23.3. The molecule has 34 heavy (non-hydrogen) atoms. The number of benzene rings is 3. The molecule has 0 spiro atoms. The summed E-state index contributed by atoms with van der Waals surface area (Å²) in [7, 11) is -4.01. The van der Waals surface area contributed by atoms with Crippen LogP contribution in [0.15, 0.2) is 83.9 Å². The molecule has 1 N–H and O–H groups in total. The Hall–Kier alpha value is -3.82. The normalized spacial score (nSPS) is 11.5. The lowest BCUT2D eigenvalue weighted by Gasteiger charge is -2.11. The lowest BCUT2D eigenvalue weighted by Crippen LogP contribution is -2.24. The van der Waals surface area contributed by atoms with E-state index in [0.29, 0.717) is 28.9 Å². The number of aryl methyl sites for hydroxylation is 1. The molecule has 0 saturated carbocycles. The summed E-state index contributed by atoms with van der Waals surface area (Å²) in [4.78, 5) is 10.6. The molecule has 174 valence electrons. The van der Waals surface area contributed by atoms with E-state index in [-0.39, 0.29) is 17.1 Å². The zero-order valence-corrected chi connectivity index (χ0v) is 19.6. The summed E-state index contributed by atoms with van der Waals surface area (Å²) >= 11 is 0. The third kappa shape index (κ3) is 5.05. The number of nitro groups is 1. The highest BCUT2D eigenvalue weighted by atomic mass is 32.2. The summed E-state index contributed by atoms with van der Waals surface area (Å²) in [5, 5.41) is 16.0. The number of aromatic nitrogens is 2. The molecular weight excluding hydrogens is 452 g/mol. The van der Waals surface area contributed by atoms with Crippen molar-refractivity contribution in [1.82, 2.24) is 14.5 Å². The van der Waals surface area contributed by atoms with Gasteiger partial charge in [-0.1, -0.05) is 60.7 Å². The number of sulfonamides is 1. The number of rotatable bonds is 8. The summed E-state index contributed by atoms with van der Waals surface area (Å²) in [6.07, 6.45) is 1.82. The van der Waals surface area contributed by atoms with E-state index in [4.69, 9.17) is 5.10 Å². The highest BCUT2D eigenvalue weighted by Crippen LogP contribution is 2.27. The van der Waals surface area contributed by atoms with Gasteiger partial charge in [-0.15, -0.1) is 0 Å². The van der Waals surface area contributed by atoms with Crippen LogP contribution < -0.4 is 4.72 Å². The number of non-ortho nitro benzene ring substituents is 1. The van der Waals surface area contributed by atoms with Gasteiger partial charge in [-0.3, -0.25) is 14.8 Å². The van der Waals surface area contributed by atoms with Crippen molar-refractivity contribution >= 4 is 15.7 Å². The second-order valence-electron chi connectivity index (χ2n) is 8.02. The molecule has 0 aliphatic rings. The van der Waals surface area contributed by atoms with Gasteiger partial charge in [-0.2, -0.15) is 5.10 Å². The Balaban J connectivity index is 1.66. The molecule has 0 bridgehead atoms. The van der Waals surface area contributed by atoms with E-state index in [1.54, 1.807) is 18.5 Å². The predicted molar refractivity (Wildman–Crippen MR) is 130 cm³/mol. The zero-order chi connectivity index (χ0) is 24.3. The molecule has 8 nitrogen and oxygen atoms in total. The highest BCUT2D eigenvalue weighted by molar-refractivity contribution is 7.89. The maximum absolute atomic E-state index is 13.1. The largest absolute Gasteiger partial charge is 0.271 e. The average molecular weight is 477 g/mol. The molecule has 0 radical (unpaired) electrons. The molecule has 0 unspecified atom stereocenters. The maximum Gasteiger partial charge on any atom is 0.271 e. The SMILES string of the molecule is Cc1cc([N+](=O)[O-])cc(S(=O)(=O)NCc2cn(Cc3ccccc3)nc2-c2ccccc2)c1C. The predicted octanol–water partition coefficient (Wildman–Crippen LogP) is 4.60. The van der Waals surface area contributed by atoms with E-state index >= 15 is 0 Å². The van der Waals surface area contributed by atoms with E-state index in [0.717, 1.165) is 17.2 Å². The van der Waals surface area contributed by atoms with Crippen LogP contribution in [0.2, 0.25) is 0 Å². The summed E-state index contributed by atoms with van der Waals surface area (Å²) in [6, 6.07) is 21.9. The summed E-state index contributed by atoms with van der Waals surface area (Å²) in [6.45, 7) is 3.82. The smallest absolute Gasteiger partial charge is 0.267 e. The Morgan fingerprint density at radius 1 is 1.00 bits per heavy atom. The van der Waals surface area contributed by atoms with Crippen LogP contribution >= 0.6 is 0 Å². The summed E-state index contributed by atoms with van der Waals surface area (Å²) in [5.74, 6) is 0. The van der Waals surface area contributed by atoms with Crippen LogP contribution in [0.5, 0.6) is 0 Å². The molecule has 3 aromatic carbocycles. The van der Waals surface area contributed by atoms with Gasteiger partial charge in [-0.05, 0) is 30.5 Å². The van der Waals surface area contributed by atoms with Crippen molar-refractivity contribution in [2.75, 3.05) is 0 Å². The van der Waals surface area contributed by atoms with E-state index < -0.39 is 14.9 Å². The molecule has 1 aromatic heterocycles. The van der Waals surface area contributed by atoms with Crippen molar-refractivity contribution in [3.63, 3.8) is 0 Å². The first-order chi connectivity index (χ1) is 16.2. The molecule has 0 amide bonds. The lowest BCUT2D eigenvalue weighted by molar-refractivity contribution is -0.385. The van der Waals surface area contributed by atoms with Crippen molar-refractivity contribution in [2.24, 2.45) is 0 Å². The van der Waals surface area contributed by atoms with Gasteiger partial charge in [0.1, 0.15) is 0 Å². The van der Waals surface area contributed by atoms with E-state index in [2.05, 4.69) is 4.72 Å². The number of nitro benzene ring substituents is 1. The minimum atomic E-state index is -4.01. The number of hydrogen-bond acceptors (Lipinski definition) is 5. The Morgan fingerprint density at radius 2 is 1.65 bits per heavy atom. The number of hydrogen-bond donors (Lipinski definition) is 1. The Bertz CT molecular complexity index is 1430. The molecule has 1 heterocycles. The molecule has 4 aromatic rings. The topological polar surface area (TPSA) is 107 Å². The first-order valence-electron chi connectivity index (χ1n) is 10.7. The molecule has 9 heteroatoms. The zero-order valence-electron chi connectivity index (χ0n) is 18.8. The Morgan fingerprint density at radius 3 is 2.29 bits per heavy atom. The van der Waals surface area contributed by atoms with Crippen molar-refractivity contribution in [2.45, 2.75) is 31.8 Å². The van der Waals surface area contributed by atoms with Crippen LogP contribution in [0, 0.1) is 24.0 Å². The number of nitrogens with zero attached hydrogens (tertiary/aromatic N) is 3. The van der Waals surface area contributed by atoms with Crippen LogP contribution in [0.4, 0.5) is 5.69 Å². The van der Waals surface area contributed by atoms with Crippen LogP contribution in [0.1, 0.15) is 22.3 Å². The molecular formula is C25H24N4O4S. The molecule has 4 rings (SSSR count). The van der Waals surface area contributed by atoms with E-state index in [9.17, 15) is 18.5 Å². The Kier molecular flexibility index (Phi) is 6.58. The van der Waals surface area contributed by atoms with Gasteiger partial charge in [0.15, 0.2) is 0 Å². The second-order valence-corrected chi connectivity index (χ2v) is 9.75. The van der Waals surface area contributed by atoms with Crippen LogP contribution in [0.3, 0.4) is 0 Å². The van der Waals surface area contributed by atoms with Gasteiger partial charge in [-0.25, -0.2) is 13.1 Å². The molecule has 0 aliphatic heterocycles. The monoisotopic (exact) mass is 476 g/mol. The fourth-order valence-corrected chi connectivity index (χ4v) is 5.07. The van der Waals surface area contributed by atoms with Crippen LogP contribution in [-0.2, 0) is 23.1 Å². The fraction of sp³-hybridized carbons (Fsp3) is 0.160. The third-order valence-electron chi connectivity index (χ3n) is 5.63. The van der Waals surface area contributed by atoms with Gasteiger partial charge in [0.25, 0.3) is 5.69 Å². The summed E-state index contributed by atoms with van der Waals surface area (Å²) in [5.41, 5.74) is 4.06. The van der Waals surface area contributed by atoms with Gasteiger partial charge >= 0.3 is 0 Å². The Labute approximate surface area is 198 Å². The van der Waals surface area contributed by atoms with E-state index in [1.165, 1.54) is 6.07 Å². The van der Waals surface area contributed by atoms with Crippen molar-refractivity contribution in [3.8, 4) is 11.3 Å². The lowest BCUT2D eigenvalue weighted by atomic mass is 10.1. The second kappa shape index (κ2) is 9.58. The van der Waals surface area contributed by atoms with Gasteiger partial charge in [0.05, 0.1) is 22.1 Å². The minimum absolute atomic E-state index is 0.0114. The minimum Gasteiger partial charge on any atom is -0.267 e. The van der Waals surface area contributed by atoms with Crippen molar-refractivity contribution in [3.05, 3.63) is 111 Å². The number of nitrogens with one attached hydrogen (secondary N) is 1. The van der Waals surface area contributed by atoms with E-state index in [1.807, 2.05) is 66.9 Å². The molecule has 0 atom stereocenters. The van der Waals surface area contributed by atoms with Crippen molar-refractivity contribution < 1.29 is 13.3 Å². The average Bonchev–Trinajstić information content (AvgIpc) is 3.23. The van der Waals surface area contributed by atoms with Crippen LogP contribution in [-0.4, -0.2) is 23.1 Å². The quantitative estimate of drug-likeness (QED) is 0.295. The van der Waals surface area contributed by atoms with Crippen molar-refractivity contribution in [1.29, 1.82) is 0 Å². The highest BCUT2D eigenvalue weighted by Gasteiger charge is 2.23. The third-order valence-corrected chi connectivity index (χ3v) is 7.16. The van der Waals surface area contributed by atoms with Gasteiger partial charge in [0.2, 0.25) is 10.0 Å². The molecule has 0 aliphatic carbocycles. The fourth-order valence-electron chi connectivity index (χ4n) is 3.73. The molecule has 0 fully saturated rings. The molecule has 0 saturated heterocycles. The van der Waals surface area contributed by atoms with Gasteiger partial charge < -0.3 is 0 Å². The van der Waals surface area contributed by atoms with Crippen LogP contribution in [0.25, 0.3) is 11.3 Å².